The largest absolute Gasteiger partial charge is 0.497 e. The molecule has 4 rings (SSSR count). The van der Waals surface area contributed by atoms with Gasteiger partial charge in [-0.05, 0) is 101 Å². The van der Waals surface area contributed by atoms with Gasteiger partial charge in [-0.15, -0.1) is 0 Å². The Morgan fingerprint density at radius 3 is 2.06 bits per heavy atom. The minimum atomic E-state index is -0.694. The molecule has 3 fully saturated rings. The van der Waals surface area contributed by atoms with Gasteiger partial charge >= 0.3 is 0 Å². The van der Waals surface area contributed by atoms with Crippen LogP contribution in [0.25, 0.3) is 0 Å². The second kappa shape index (κ2) is 27.0. The Bertz CT molecular complexity index is 1760. The lowest BCUT2D eigenvalue weighted by molar-refractivity contribution is -0.145. The van der Waals surface area contributed by atoms with Crippen molar-refractivity contribution in [2.24, 2.45) is 70.3 Å². The summed E-state index contributed by atoms with van der Waals surface area (Å²) in [7, 11) is 1.60. The lowest BCUT2D eigenvalue weighted by Gasteiger charge is -2.41. The van der Waals surface area contributed by atoms with Crippen molar-refractivity contribution in [3.63, 3.8) is 0 Å². The molecule has 16 nitrogen and oxygen atoms in total. The van der Waals surface area contributed by atoms with E-state index in [1.165, 1.54) is 6.42 Å². The van der Waals surface area contributed by atoms with Gasteiger partial charge in [-0.3, -0.25) is 28.8 Å². The number of carbonyl (C=O) groups excluding carboxylic acids is 6. The third-order valence-corrected chi connectivity index (χ3v) is 15.0. The predicted molar refractivity (Wildman–Crippen MR) is 262 cm³/mol. The molecule has 6 amide bonds. The summed E-state index contributed by atoms with van der Waals surface area (Å²) in [6.45, 7) is 13.1. The number of nitrogens with one attached hydrogen (secondary N) is 3. The Balaban J connectivity index is 1.48. The summed E-state index contributed by atoms with van der Waals surface area (Å²) in [6.07, 6.45) is 10.8. The van der Waals surface area contributed by atoms with Crippen molar-refractivity contribution in [1.29, 1.82) is 0 Å². The van der Waals surface area contributed by atoms with Gasteiger partial charge in [-0.2, -0.15) is 0 Å². The molecule has 11 N–H and O–H groups in total. The maximum absolute atomic E-state index is 14.7. The molecule has 0 radical (unpaired) electrons. The first-order valence-corrected chi connectivity index (χ1v) is 25.5. The van der Waals surface area contributed by atoms with Crippen LogP contribution in [0.4, 0.5) is 0 Å². The molecular weight excluding hydrogens is 851 g/mol. The Hall–Kier alpha value is -4.28. The van der Waals surface area contributed by atoms with Gasteiger partial charge in [0.1, 0.15) is 5.75 Å². The Labute approximate surface area is 400 Å². The van der Waals surface area contributed by atoms with E-state index >= 15 is 0 Å². The number of likely N-dealkylation sites (tertiary alicyclic amines) is 2. The van der Waals surface area contributed by atoms with Crippen LogP contribution in [0.1, 0.15) is 131 Å². The lowest BCUT2D eigenvalue weighted by atomic mass is 9.81. The van der Waals surface area contributed by atoms with Crippen LogP contribution in [-0.4, -0.2) is 115 Å². The van der Waals surface area contributed by atoms with Crippen molar-refractivity contribution in [3.05, 3.63) is 29.8 Å². The molecule has 0 bridgehead atoms. The van der Waals surface area contributed by atoms with Crippen molar-refractivity contribution >= 4 is 35.4 Å². The van der Waals surface area contributed by atoms with E-state index in [-0.39, 0.29) is 54.6 Å². The summed E-state index contributed by atoms with van der Waals surface area (Å²) >= 11 is 0. The standard InChI is InChI=1S/C51H87N9O7/c1-31(2)26-44(32(3)46(55)61)57-47(62)33(4)45(28-36-14-9-8-10-15-36)58-49(64)42-30-60(25-22-43(42)54)50(65)38-16-13-24-59(29-38)51(66)41(27-37-18-20-39(67-7)21-19-37)35(6)56-48(63)40(34(5)53)17-11-12-23-52/h18-21,31-36,38,40-45H,8-17,22-30,52-54H2,1-7H3,(H2,55,61)(H,56,63)(H,57,62)(H,58,64)/t32-,33-,34+,35+,38+,40-,41-,42+,43+,44+,45+/m0/s1. The fourth-order valence-electron chi connectivity index (χ4n) is 10.4. The topological polar surface area (TPSA) is 258 Å². The Morgan fingerprint density at radius 2 is 1.45 bits per heavy atom. The predicted octanol–water partition coefficient (Wildman–Crippen LogP) is 3.61. The van der Waals surface area contributed by atoms with Crippen molar-refractivity contribution < 1.29 is 33.5 Å². The van der Waals surface area contributed by atoms with E-state index in [1.54, 1.807) is 23.8 Å². The van der Waals surface area contributed by atoms with Crippen molar-refractivity contribution in [3.8, 4) is 5.75 Å². The zero-order chi connectivity index (χ0) is 49.4. The van der Waals surface area contributed by atoms with Crippen LogP contribution in [0.2, 0.25) is 0 Å². The number of ether oxygens (including phenoxy) is 1. The summed E-state index contributed by atoms with van der Waals surface area (Å²) in [4.78, 5) is 86.8. The molecule has 11 atom stereocenters. The highest BCUT2D eigenvalue weighted by molar-refractivity contribution is 5.87. The highest BCUT2D eigenvalue weighted by atomic mass is 16.5. The van der Waals surface area contributed by atoms with Crippen LogP contribution in [-0.2, 0) is 35.2 Å². The van der Waals surface area contributed by atoms with Gasteiger partial charge in [0.25, 0.3) is 0 Å². The maximum Gasteiger partial charge on any atom is 0.228 e. The highest BCUT2D eigenvalue weighted by Crippen LogP contribution is 2.31. The number of benzene rings is 1. The van der Waals surface area contributed by atoms with Crippen LogP contribution >= 0.6 is 0 Å². The maximum atomic E-state index is 14.7. The molecule has 67 heavy (non-hydrogen) atoms. The van der Waals surface area contributed by atoms with Gasteiger partial charge in [0.2, 0.25) is 35.4 Å². The van der Waals surface area contributed by atoms with E-state index in [4.69, 9.17) is 27.7 Å². The molecule has 0 spiro atoms. The number of methoxy groups -OCH3 is 1. The third-order valence-electron chi connectivity index (χ3n) is 15.0. The van der Waals surface area contributed by atoms with Crippen LogP contribution < -0.4 is 43.6 Å². The Morgan fingerprint density at radius 1 is 0.761 bits per heavy atom. The molecular formula is C51H87N9O7. The first-order chi connectivity index (χ1) is 31.8. The van der Waals surface area contributed by atoms with Crippen molar-refractivity contribution in [1.82, 2.24) is 25.8 Å². The SMILES string of the molecule is COc1ccc(C[C@H](C(=O)N2CCC[C@@H](C(=O)N3CC[C@@H](N)[C@H](C(=O)N[C@H](CC4CCCCC4)[C@H](C)C(=O)N[C@H](CC(C)C)[C@H](C)C(N)=O)C3)C2)[C@@H](C)NC(=O)[C@@H](CCCCN)[C@@H](C)N)cc1. The van der Waals surface area contributed by atoms with Gasteiger partial charge in [0, 0.05) is 56.4 Å². The summed E-state index contributed by atoms with van der Waals surface area (Å²) in [6, 6.07) is 5.23. The molecule has 1 aromatic rings. The smallest absolute Gasteiger partial charge is 0.228 e. The first-order valence-electron chi connectivity index (χ1n) is 25.5. The number of carbonyl (C=O) groups is 6. The second-order valence-electron chi connectivity index (χ2n) is 20.8. The van der Waals surface area contributed by atoms with Crippen LogP contribution in [0.15, 0.2) is 24.3 Å². The number of amides is 6. The zero-order valence-corrected chi connectivity index (χ0v) is 41.8. The van der Waals surface area contributed by atoms with Gasteiger partial charge in [-0.25, -0.2) is 0 Å². The van der Waals surface area contributed by atoms with E-state index in [9.17, 15) is 28.8 Å². The van der Waals surface area contributed by atoms with E-state index < -0.39 is 65.6 Å². The van der Waals surface area contributed by atoms with Crippen LogP contribution in [0, 0.1) is 47.3 Å². The summed E-state index contributed by atoms with van der Waals surface area (Å²) < 4.78 is 5.37. The average molecular weight is 938 g/mol. The number of piperidine rings is 2. The first kappa shape index (κ1) is 55.3. The molecule has 3 aliphatic rings. The number of unbranched alkanes of at least 4 members (excludes halogenated alkanes) is 1. The minimum absolute atomic E-state index is 0.112. The molecule has 0 aromatic heterocycles. The summed E-state index contributed by atoms with van der Waals surface area (Å²) in [5, 5.41) is 9.50. The monoisotopic (exact) mass is 938 g/mol. The molecule has 16 heteroatoms. The lowest BCUT2D eigenvalue weighted by Crippen LogP contribution is -2.59. The van der Waals surface area contributed by atoms with Gasteiger partial charge in [0.15, 0.2) is 0 Å². The molecule has 2 heterocycles. The average Bonchev–Trinajstić information content (AvgIpc) is 3.30. The van der Waals surface area contributed by atoms with Crippen molar-refractivity contribution in [2.75, 3.05) is 39.8 Å². The second-order valence-corrected chi connectivity index (χ2v) is 20.8. The van der Waals surface area contributed by atoms with E-state index in [1.807, 2.05) is 58.9 Å². The van der Waals surface area contributed by atoms with Gasteiger partial charge in [0.05, 0.1) is 42.6 Å². The Kier molecular flexibility index (Phi) is 22.3. The fourth-order valence-corrected chi connectivity index (χ4v) is 10.4. The summed E-state index contributed by atoms with van der Waals surface area (Å²) in [5.41, 5.74) is 25.3. The van der Waals surface area contributed by atoms with Crippen LogP contribution in [0.3, 0.4) is 0 Å². The highest BCUT2D eigenvalue weighted by Gasteiger charge is 2.41. The number of primary amides is 1. The molecule has 2 saturated heterocycles. The number of nitrogens with two attached hydrogens (primary N) is 4. The number of hydrogen-bond donors (Lipinski definition) is 7. The third kappa shape index (κ3) is 16.4. The molecule has 1 aromatic carbocycles. The normalized spacial score (nSPS) is 22.9. The van der Waals surface area contributed by atoms with E-state index in [2.05, 4.69) is 16.0 Å². The van der Waals surface area contributed by atoms with E-state index in [0.29, 0.717) is 76.2 Å². The number of nitrogens with zero attached hydrogens (tertiary/aromatic N) is 2. The van der Waals surface area contributed by atoms with Crippen LogP contribution in [0.5, 0.6) is 5.75 Å². The number of rotatable bonds is 24. The van der Waals surface area contributed by atoms with Gasteiger partial charge in [-0.1, -0.05) is 78.4 Å². The van der Waals surface area contributed by atoms with Gasteiger partial charge < -0.3 is 53.4 Å². The fraction of sp³-hybridized carbons (Fsp3) is 0.765. The number of hydrogen-bond acceptors (Lipinski definition) is 10. The molecule has 0 unspecified atom stereocenters. The summed E-state index contributed by atoms with van der Waals surface area (Å²) in [5.74, 6) is -3.54. The zero-order valence-electron chi connectivity index (χ0n) is 41.8. The molecule has 378 valence electrons. The minimum Gasteiger partial charge on any atom is -0.497 e. The molecule has 1 aliphatic carbocycles. The van der Waals surface area contributed by atoms with E-state index in [0.717, 1.165) is 44.1 Å². The molecule has 2 aliphatic heterocycles. The van der Waals surface area contributed by atoms with Crippen molar-refractivity contribution in [2.45, 2.75) is 162 Å². The molecule has 1 saturated carbocycles. The quantitative estimate of drug-likeness (QED) is 0.0741.